The van der Waals surface area contributed by atoms with Crippen LogP contribution in [0.15, 0.2) is 29.2 Å². The van der Waals surface area contributed by atoms with Gasteiger partial charge in [-0.3, -0.25) is 0 Å². The molecule has 0 spiro atoms. The molecule has 1 atom stereocenters. The summed E-state index contributed by atoms with van der Waals surface area (Å²) < 4.78 is 4.98. The molecule has 1 rings (SSSR count). The predicted molar refractivity (Wildman–Crippen MR) is 50.7 cm³/mol. The van der Waals surface area contributed by atoms with Gasteiger partial charge in [0.1, 0.15) is 11.4 Å². The third-order valence-corrected chi connectivity index (χ3v) is 1.97. The molecule has 0 unspecified atom stereocenters. The molecule has 1 aliphatic carbocycles. The van der Waals surface area contributed by atoms with E-state index in [4.69, 9.17) is 10.1 Å². The van der Waals surface area contributed by atoms with Crippen molar-refractivity contribution in [3.8, 4) is 0 Å². The van der Waals surface area contributed by atoms with Crippen LogP contribution in [0.4, 0.5) is 0 Å². The number of nitrogens with one attached hydrogen (secondary N) is 1. The lowest BCUT2D eigenvalue weighted by molar-refractivity contribution is 0.176. The third-order valence-electron chi connectivity index (χ3n) is 1.97. The summed E-state index contributed by atoms with van der Waals surface area (Å²) in [5, 5.41) is 17.5. The summed E-state index contributed by atoms with van der Waals surface area (Å²) >= 11 is 0. The summed E-state index contributed by atoms with van der Waals surface area (Å²) in [7, 11) is 1.52. The Hall–Kier alpha value is -1.31. The third kappa shape index (κ3) is 1.89. The van der Waals surface area contributed by atoms with Gasteiger partial charge >= 0.3 is 0 Å². The van der Waals surface area contributed by atoms with E-state index in [1.807, 2.05) is 0 Å². The first kappa shape index (κ1) is 9.78. The minimum absolute atomic E-state index is 0.149. The molecular formula is C10H13NO2. The summed E-state index contributed by atoms with van der Waals surface area (Å²) in [5.41, 5.74) is 2.36. The fourth-order valence-electron chi connectivity index (χ4n) is 1.14. The zero-order valence-corrected chi connectivity index (χ0v) is 8.01. The van der Waals surface area contributed by atoms with Crippen LogP contribution in [0.25, 0.3) is 0 Å². The molecule has 0 radical (unpaired) electrons. The van der Waals surface area contributed by atoms with Crippen LogP contribution < -0.4 is 0 Å². The smallest absolute Gasteiger partial charge is 0.126 e. The maximum atomic E-state index is 9.83. The molecule has 2 N–H and O–H groups in total. The first-order valence-corrected chi connectivity index (χ1v) is 3.99. The second-order valence-corrected chi connectivity index (χ2v) is 3.19. The number of hydrogen-bond donors (Lipinski definition) is 2. The minimum atomic E-state index is -1.27. The van der Waals surface area contributed by atoms with Gasteiger partial charge in [-0.05, 0) is 19.9 Å². The van der Waals surface area contributed by atoms with Gasteiger partial charge in [-0.1, -0.05) is 0 Å². The van der Waals surface area contributed by atoms with E-state index < -0.39 is 5.60 Å². The van der Waals surface area contributed by atoms with Crippen LogP contribution in [0.3, 0.4) is 0 Å². The SMILES string of the molecule is COC1=C[C@@](C)(O)C(=N)C(C)=C=C1. The van der Waals surface area contributed by atoms with Crippen molar-refractivity contribution in [2.45, 2.75) is 19.4 Å². The van der Waals surface area contributed by atoms with Crippen LogP contribution >= 0.6 is 0 Å². The Morgan fingerprint density at radius 1 is 1.62 bits per heavy atom. The second-order valence-electron chi connectivity index (χ2n) is 3.19. The van der Waals surface area contributed by atoms with Gasteiger partial charge in [-0.25, -0.2) is 0 Å². The largest absolute Gasteiger partial charge is 0.496 e. The van der Waals surface area contributed by atoms with E-state index in [0.29, 0.717) is 11.3 Å². The van der Waals surface area contributed by atoms with Crippen molar-refractivity contribution < 1.29 is 9.84 Å². The first-order valence-electron chi connectivity index (χ1n) is 3.99. The molecule has 3 heteroatoms. The van der Waals surface area contributed by atoms with Crippen molar-refractivity contribution in [2.24, 2.45) is 0 Å². The number of aliphatic hydroxyl groups is 1. The molecule has 0 heterocycles. The van der Waals surface area contributed by atoms with Crippen molar-refractivity contribution in [2.75, 3.05) is 7.11 Å². The highest BCUT2D eigenvalue weighted by Gasteiger charge is 2.26. The van der Waals surface area contributed by atoms with E-state index in [9.17, 15) is 5.11 Å². The van der Waals surface area contributed by atoms with E-state index in [1.165, 1.54) is 13.2 Å². The van der Waals surface area contributed by atoms with Gasteiger partial charge in [0.15, 0.2) is 0 Å². The van der Waals surface area contributed by atoms with Gasteiger partial charge in [-0.2, -0.15) is 0 Å². The lowest BCUT2D eigenvalue weighted by Crippen LogP contribution is -2.32. The van der Waals surface area contributed by atoms with Gasteiger partial charge in [-0.15, -0.1) is 5.73 Å². The Kier molecular flexibility index (Phi) is 2.41. The lowest BCUT2D eigenvalue weighted by Gasteiger charge is -2.19. The molecule has 3 nitrogen and oxygen atoms in total. The van der Waals surface area contributed by atoms with Gasteiger partial charge < -0.3 is 15.3 Å². The molecular weight excluding hydrogens is 166 g/mol. The zero-order chi connectivity index (χ0) is 10.1. The van der Waals surface area contributed by atoms with E-state index >= 15 is 0 Å². The van der Waals surface area contributed by atoms with Crippen LogP contribution in [-0.4, -0.2) is 23.5 Å². The number of methoxy groups -OCH3 is 1. The number of ether oxygens (including phenoxy) is 1. The summed E-state index contributed by atoms with van der Waals surface area (Å²) in [5.74, 6) is 0.520. The fourth-order valence-corrected chi connectivity index (χ4v) is 1.14. The maximum Gasteiger partial charge on any atom is 0.126 e. The molecule has 1 aliphatic rings. The molecule has 0 saturated heterocycles. The maximum absolute atomic E-state index is 9.83. The van der Waals surface area contributed by atoms with Crippen molar-refractivity contribution >= 4 is 5.71 Å². The van der Waals surface area contributed by atoms with E-state index in [-0.39, 0.29) is 5.71 Å². The van der Waals surface area contributed by atoms with Gasteiger partial charge in [0, 0.05) is 11.6 Å². The molecule has 0 saturated carbocycles. The summed E-state index contributed by atoms with van der Waals surface area (Å²) in [6.07, 6.45) is 3.12. The topological polar surface area (TPSA) is 53.3 Å². The van der Waals surface area contributed by atoms with E-state index in [0.717, 1.165) is 0 Å². The number of rotatable bonds is 1. The summed E-state index contributed by atoms with van der Waals surface area (Å²) in [4.78, 5) is 0. The van der Waals surface area contributed by atoms with Crippen molar-refractivity contribution in [3.63, 3.8) is 0 Å². The summed E-state index contributed by atoms with van der Waals surface area (Å²) in [6.45, 7) is 3.29. The average molecular weight is 179 g/mol. The van der Waals surface area contributed by atoms with Crippen LogP contribution in [0.1, 0.15) is 13.8 Å². The Morgan fingerprint density at radius 3 is 2.77 bits per heavy atom. The molecule has 0 fully saturated rings. The van der Waals surface area contributed by atoms with Crippen LogP contribution in [0.2, 0.25) is 0 Å². The molecule has 0 aromatic rings. The van der Waals surface area contributed by atoms with Crippen LogP contribution in [0, 0.1) is 5.41 Å². The Morgan fingerprint density at radius 2 is 2.23 bits per heavy atom. The van der Waals surface area contributed by atoms with Gasteiger partial charge in [0.2, 0.25) is 0 Å². The number of allylic oxidation sites excluding steroid dienone is 1. The lowest BCUT2D eigenvalue weighted by atomic mass is 9.95. The molecule has 70 valence electrons. The standard InChI is InChI=1S/C10H13NO2/c1-7-4-5-8(13-3)6-10(2,12)9(7)11/h5-6,11-12H,1-3H3/t10-/m1/s1. The Labute approximate surface area is 77.5 Å². The molecule has 13 heavy (non-hydrogen) atoms. The second kappa shape index (κ2) is 3.21. The number of hydrogen-bond acceptors (Lipinski definition) is 3. The molecule has 0 aliphatic heterocycles. The van der Waals surface area contributed by atoms with Crippen LogP contribution in [0.5, 0.6) is 0 Å². The quantitative estimate of drug-likeness (QED) is 0.598. The van der Waals surface area contributed by atoms with Crippen molar-refractivity contribution in [1.29, 1.82) is 5.41 Å². The van der Waals surface area contributed by atoms with Gasteiger partial charge in [0.25, 0.3) is 0 Å². The highest BCUT2D eigenvalue weighted by molar-refractivity contribution is 6.04. The molecule has 0 amide bonds. The van der Waals surface area contributed by atoms with Crippen LogP contribution in [-0.2, 0) is 4.74 Å². The highest BCUT2D eigenvalue weighted by atomic mass is 16.5. The van der Waals surface area contributed by atoms with E-state index in [1.54, 1.807) is 19.9 Å². The van der Waals surface area contributed by atoms with Gasteiger partial charge in [0.05, 0.1) is 12.8 Å². The van der Waals surface area contributed by atoms with Crippen molar-refractivity contribution in [3.05, 3.63) is 29.2 Å². The highest BCUT2D eigenvalue weighted by Crippen LogP contribution is 2.19. The van der Waals surface area contributed by atoms with E-state index in [2.05, 4.69) is 5.73 Å². The fraction of sp³-hybridized carbons (Fsp3) is 0.400. The minimum Gasteiger partial charge on any atom is -0.496 e. The average Bonchev–Trinajstić information content (AvgIpc) is 2.17. The molecule has 0 bridgehead atoms. The predicted octanol–water partition coefficient (Wildman–Crippen LogP) is 1.40. The zero-order valence-electron chi connectivity index (χ0n) is 8.01. The molecule has 0 aromatic carbocycles. The Balaban J connectivity index is 3.23. The normalized spacial score (nSPS) is 27.8. The first-order chi connectivity index (χ1) is 5.97. The van der Waals surface area contributed by atoms with Crippen molar-refractivity contribution in [1.82, 2.24) is 0 Å². The molecule has 0 aromatic heterocycles. The summed E-state index contributed by atoms with van der Waals surface area (Å²) in [6, 6.07) is 0. The monoisotopic (exact) mass is 179 g/mol. The Bertz CT molecular complexity index is 331.